The Labute approximate surface area is 301 Å². The number of allylic oxidation sites excluding steroid dienone is 16. The van der Waals surface area contributed by atoms with E-state index in [1.54, 1.807) is 0 Å². The normalized spacial score (nSPS) is 22.4. The summed E-state index contributed by atoms with van der Waals surface area (Å²) >= 11 is 7.30. The first-order valence-corrected chi connectivity index (χ1v) is 19.2. The Morgan fingerprint density at radius 3 is 2.63 bits per heavy atom. The lowest BCUT2D eigenvalue weighted by Gasteiger charge is -2.35. The zero-order valence-corrected chi connectivity index (χ0v) is 31.4. The molecule has 0 saturated carbocycles. The van der Waals surface area contributed by atoms with Gasteiger partial charge in [0.15, 0.2) is 0 Å². The van der Waals surface area contributed by atoms with Crippen LogP contribution in [-0.4, -0.2) is 18.8 Å². The van der Waals surface area contributed by atoms with E-state index in [1.165, 1.54) is 56.4 Å². The SMILES string of the molecule is CCCC/N=C(\C=C\C1=C(Cl)C(=C/C=C2/N(CCCC)c3ccc4ccccc4c3C2(C)C)/CCC1)C(C)(C)C1=CC=CC2CC=CC=C12. The minimum absolute atomic E-state index is 0.115. The van der Waals surface area contributed by atoms with Crippen molar-refractivity contribution < 1.29 is 0 Å². The summed E-state index contributed by atoms with van der Waals surface area (Å²) in [6.45, 7) is 15.8. The monoisotopic (exact) mass is 670 g/mol. The third-order valence-electron chi connectivity index (χ3n) is 11.1. The maximum atomic E-state index is 7.30. The molecule has 3 aliphatic carbocycles. The molecule has 2 aromatic rings. The lowest BCUT2D eigenvalue weighted by atomic mass is 9.69. The highest BCUT2D eigenvalue weighted by Crippen LogP contribution is 2.51. The highest BCUT2D eigenvalue weighted by molar-refractivity contribution is 6.32. The maximum Gasteiger partial charge on any atom is 0.0470 e. The average molecular weight is 671 g/mol. The van der Waals surface area contributed by atoms with Crippen molar-refractivity contribution in [2.75, 3.05) is 18.0 Å². The lowest BCUT2D eigenvalue weighted by molar-refractivity contribution is 0.600. The number of hydrogen-bond acceptors (Lipinski definition) is 2. The molecule has 0 saturated heterocycles. The molecule has 0 fully saturated rings. The van der Waals surface area contributed by atoms with Crippen LogP contribution in [0.15, 0.2) is 135 Å². The van der Waals surface area contributed by atoms with Crippen molar-refractivity contribution in [2.24, 2.45) is 16.3 Å². The van der Waals surface area contributed by atoms with Gasteiger partial charge in [-0.3, -0.25) is 4.99 Å². The second-order valence-corrected chi connectivity index (χ2v) is 15.6. The molecule has 1 atom stereocenters. The number of unbranched alkanes of at least 4 members (excludes halogenated alkanes) is 2. The molecule has 0 bridgehead atoms. The predicted molar refractivity (Wildman–Crippen MR) is 215 cm³/mol. The first-order valence-electron chi connectivity index (χ1n) is 18.8. The van der Waals surface area contributed by atoms with Gasteiger partial charge in [0.1, 0.15) is 0 Å². The third-order valence-corrected chi connectivity index (χ3v) is 11.5. The molecule has 2 aromatic carbocycles. The van der Waals surface area contributed by atoms with E-state index in [4.69, 9.17) is 16.6 Å². The molecule has 6 rings (SSSR count). The molecule has 1 heterocycles. The zero-order chi connectivity index (χ0) is 34.6. The number of halogens is 1. The fourth-order valence-electron chi connectivity index (χ4n) is 8.18. The summed E-state index contributed by atoms with van der Waals surface area (Å²) in [5, 5.41) is 3.57. The van der Waals surface area contributed by atoms with Gasteiger partial charge in [-0.1, -0.05) is 145 Å². The van der Waals surface area contributed by atoms with Crippen LogP contribution in [-0.2, 0) is 5.41 Å². The summed E-state index contributed by atoms with van der Waals surface area (Å²) in [4.78, 5) is 7.80. The van der Waals surface area contributed by atoms with E-state index in [1.807, 2.05) is 0 Å². The number of anilines is 1. The van der Waals surface area contributed by atoms with Crippen LogP contribution in [0.3, 0.4) is 0 Å². The number of aliphatic imine (C=N–C) groups is 1. The number of rotatable bonds is 11. The van der Waals surface area contributed by atoms with Gasteiger partial charge in [-0.15, -0.1) is 0 Å². The number of nitrogens with zero attached hydrogens (tertiary/aromatic N) is 2. The molecule has 0 amide bonds. The third kappa shape index (κ3) is 7.04. The fourth-order valence-corrected chi connectivity index (χ4v) is 8.50. The van der Waals surface area contributed by atoms with E-state index in [2.05, 4.69) is 144 Å². The molecule has 1 aliphatic heterocycles. The quantitative estimate of drug-likeness (QED) is 0.172. The molecule has 0 N–H and O–H groups in total. The molecule has 4 aliphatic rings. The number of fused-ring (bicyclic) bond motifs is 4. The van der Waals surface area contributed by atoms with E-state index in [0.29, 0.717) is 5.92 Å². The molecular weight excluding hydrogens is 616 g/mol. The molecule has 1 unspecified atom stereocenters. The van der Waals surface area contributed by atoms with Crippen LogP contribution in [0.1, 0.15) is 98.5 Å². The van der Waals surface area contributed by atoms with Crippen molar-refractivity contribution in [3.8, 4) is 0 Å². The van der Waals surface area contributed by atoms with Crippen molar-refractivity contribution in [3.63, 3.8) is 0 Å². The van der Waals surface area contributed by atoms with Gasteiger partial charge in [0.2, 0.25) is 0 Å². The Kier molecular flexibility index (Phi) is 10.8. The highest BCUT2D eigenvalue weighted by atomic mass is 35.5. The van der Waals surface area contributed by atoms with E-state index >= 15 is 0 Å². The average Bonchev–Trinajstić information content (AvgIpc) is 3.33. The summed E-state index contributed by atoms with van der Waals surface area (Å²) in [6.07, 6.45) is 31.6. The summed E-state index contributed by atoms with van der Waals surface area (Å²) in [5.74, 6) is 0.455. The van der Waals surface area contributed by atoms with Crippen LogP contribution in [0, 0.1) is 11.3 Å². The van der Waals surface area contributed by atoms with Crippen molar-refractivity contribution in [2.45, 2.75) is 98.3 Å². The number of benzene rings is 2. The minimum atomic E-state index is -0.218. The molecule has 0 spiro atoms. The summed E-state index contributed by atoms with van der Waals surface area (Å²) in [5.41, 5.74) is 10.2. The van der Waals surface area contributed by atoms with Gasteiger partial charge in [0, 0.05) is 52.0 Å². The maximum absolute atomic E-state index is 7.30. The van der Waals surface area contributed by atoms with Gasteiger partial charge in [-0.05, 0) is 95.4 Å². The van der Waals surface area contributed by atoms with Crippen molar-refractivity contribution in [1.82, 2.24) is 0 Å². The Morgan fingerprint density at radius 1 is 1.00 bits per heavy atom. The van der Waals surface area contributed by atoms with Crippen molar-refractivity contribution in [3.05, 3.63) is 136 Å². The summed E-state index contributed by atoms with van der Waals surface area (Å²) < 4.78 is 0. The largest absolute Gasteiger partial charge is 0.344 e. The summed E-state index contributed by atoms with van der Waals surface area (Å²) in [7, 11) is 0. The predicted octanol–water partition coefficient (Wildman–Crippen LogP) is 13.0. The highest BCUT2D eigenvalue weighted by Gasteiger charge is 2.41. The summed E-state index contributed by atoms with van der Waals surface area (Å²) in [6, 6.07) is 13.5. The molecule has 2 nitrogen and oxygen atoms in total. The van der Waals surface area contributed by atoms with Gasteiger partial charge in [-0.2, -0.15) is 0 Å². The molecule has 0 radical (unpaired) electrons. The zero-order valence-electron chi connectivity index (χ0n) is 30.7. The van der Waals surface area contributed by atoms with Crippen LogP contribution in [0.2, 0.25) is 0 Å². The Hall–Kier alpha value is -3.62. The van der Waals surface area contributed by atoms with E-state index in [9.17, 15) is 0 Å². The van der Waals surface area contributed by atoms with Gasteiger partial charge in [-0.25, -0.2) is 0 Å². The van der Waals surface area contributed by atoms with Crippen LogP contribution in [0.4, 0.5) is 5.69 Å². The Bertz CT molecular complexity index is 1850. The first-order chi connectivity index (χ1) is 23.7. The van der Waals surface area contributed by atoms with Crippen LogP contribution in [0.25, 0.3) is 10.8 Å². The van der Waals surface area contributed by atoms with E-state index in [-0.39, 0.29) is 10.8 Å². The molecular formula is C46H55ClN2. The van der Waals surface area contributed by atoms with Crippen molar-refractivity contribution in [1.29, 1.82) is 0 Å². The topological polar surface area (TPSA) is 15.6 Å². The van der Waals surface area contributed by atoms with Crippen LogP contribution < -0.4 is 4.90 Å². The van der Waals surface area contributed by atoms with Gasteiger partial charge in [0.25, 0.3) is 0 Å². The second kappa shape index (κ2) is 15.1. The standard InChI is InChI=1S/C46H55ClN2/c1-7-9-31-48-41(45(3,4)39-24-16-19-33-17-11-13-22-37(33)39)29-26-35-20-15-21-36(44(35)47)27-30-42-46(5,6)43-38-23-14-12-18-34(38)25-28-40(43)49(42)32-10-8-2/h11-14,16,18-19,22-30,33H,7-10,15,17,20-21,31-32H2,1-6H3/b29-26+,36-27+,42-30+,48-41+. The van der Waals surface area contributed by atoms with Gasteiger partial charge < -0.3 is 4.90 Å². The van der Waals surface area contributed by atoms with Gasteiger partial charge in [0.05, 0.1) is 0 Å². The number of hydrogen-bond donors (Lipinski definition) is 0. The lowest BCUT2D eigenvalue weighted by Crippen LogP contribution is -2.29. The first kappa shape index (κ1) is 35.2. The van der Waals surface area contributed by atoms with Gasteiger partial charge >= 0.3 is 0 Å². The minimum Gasteiger partial charge on any atom is -0.344 e. The Balaban J connectivity index is 1.34. The van der Waals surface area contributed by atoms with Crippen molar-refractivity contribution >= 4 is 33.8 Å². The van der Waals surface area contributed by atoms with Crippen LogP contribution >= 0.6 is 11.6 Å². The van der Waals surface area contributed by atoms with Crippen LogP contribution in [0.5, 0.6) is 0 Å². The van der Waals surface area contributed by atoms with E-state index in [0.717, 1.165) is 68.8 Å². The Morgan fingerprint density at radius 2 is 1.82 bits per heavy atom. The van der Waals surface area contributed by atoms with E-state index < -0.39 is 0 Å². The smallest absolute Gasteiger partial charge is 0.0470 e. The molecule has 256 valence electrons. The fraction of sp³-hybridized carbons (Fsp3) is 0.413. The second-order valence-electron chi connectivity index (χ2n) is 15.2. The molecule has 0 aromatic heterocycles. The molecule has 49 heavy (non-hydrogen) atoms. The molecule has 3 heteroatoms.